The zero-order valence-corrected chi connectivity index (χ0v) is 11.4. The molecule has 0 aliphatic carbocycles. The Morgan fingerprint density at radius 1 is 1.33 bits per heavy atom. The highest BCUT2D eigenvalue weighted by atomic mass is 15.2. The second-order valence-electron chi connectivity index (χ2n) is 4.60. The highest BCUT2D eigenvalue weighted by Crippen LogP contribution is 2.23. The van der Waals surface area contributed by atoms with Gasteiger partial charge in [-0.1, -0.05) is 19.9 Å². The minimum absolute atomic E-state index is 0.505. The molecule has 0 bridgehead atoms. The fraction of sp³-hybridized carbons (Fsp3) is 0.500. The van der Waals surface area contributed by atoms with Crippen LogP contribution in [0.1, 0.15) is 32.4 Å². The number of rotatable bonds is 5. The summed E-state index contributed by atoms with van der Waals surface area (Å²) in [7, 11) is 2.11. The Labute approximate surface area is 108 Å². The average molecular weight is 246 g/mol. The molecule has 2 rings (SSSR count). The lowest BCUT2D eigenvalue weighted by Crippen LogP contribution is -2.31. The minimum Gasteiger partial charge on any atom is -0.355 e. The normalized spacial score (nSPS) is 11.4. The molecule has 0 amide bonds. The molecule has 0 aliphatic heterocycles. The van der Waals surface area contributed by atoms with Crippen molar-refractivity contribution in [2.75, 3.05) is 11.9 Å². The molecule has 0 aliphatic rings. The Balaban J connectivity index is 2.49. The Morgan fingerprint density at radius 3 is 2.67 bits per heavy atom. The highest BCUT2D eigenvalue weighted by Gasteiger charge is 2.18. The van der Waals surface area contributed by atoms with E-state index in [4.69, 9.17) is 10.7 Å². The first-order valence-corrected chi connectivity index (χ1v) is 6.61. The number of nitrogens with two attached hydrogens (primary N) is 1. The molecule has 0 atom stereocenters. The number of pyridine rings is 1. The number of imidazole rings is 1. The van der Waals surface area contributed by atoms with Crippen LogP contribution in [0.15, 0.2) is 24.4 Å². The second-order valence-corrected chi connectivity index (χ2v) is 4.60. The SMILES string of the molecule is CCC(CC)N(C)c1nc2ccccn2c1CN. The van der Waals surface area contributed by atoms with Crippen molar-refractivity contribution >= 4 is 11.5 Å². The third-order valence-electron chi connectivity index (χ3n) is 3.63. The molecule has 0 aromatic carbocycles. The number of hydrogen-bond acceptors (Lipinski definition) is 3. The van der Waals surface area contributed by atoms with Gasteiger partial charge in [0, 0.05) is 25.8 Å². The summed E-state index contributed by atoms with van der Waals surface area (Å²) in [6.45, 7) is 4.93. The molecule has 2 heterocycles. The van der Waals surface area contributed by atoms with E-state index < -0.39 is 0 Å². The lowest BCUT2D eigenvalue weighted by molar-refractivity contribution is 0.585. The molecule has 2 aromatic rings. The van der Waals surface area contributed by atoms with Gasteiger partial charge in [-0.15, -0.1) is 0 Å². The second kappa shape index (κ2) is 5.40. The first-order valence-electron chi connectivity index (χ1n) is 6.61. The molecule has 0 fully saturated rings. The van der Waals surface area contributed by atoms with Gasteiger partial charge in [0.25, 0.3) is 0 Å². The van der Waals surface area contributed by atoms with E-state index >= 15 is 0 Å². The van der Waals surface area contributed by atoms with E-state index in [1.165, 1.54) is 0 Å². The number of fused-ring (bicyclic) bond motifs is 1. The predicted molar refractivity (Wildman–Crippen MR) is 75.9 cm³/mol. The zero-order chi connectivity index (χ0) is 13.1. The highest BCUT2D eigenvalue weighted by molar-refractivity contribution is 5.56. The molecule has 4 nitrogen and oxygen atoms in total. The van der Waals surface area contributed by atoms with Crippen LogP contribution >= 0.6 is 0 Å². The Hall–Kier alpha value is -1.55. The van der Waals surface area contributed by atoms with Crippen LogP contribution in [-0.4, -0.2) is 22.5 Å². The molecule has 0 saturated carbocycles. The summed E-state index contributed by atoms with van der Waals surface area (Å²) < 4.78 is 2.08. The summed E-state index contributed by atoms with van der Waals surface area (Å²) in [5.41, 5.74) is 7.94. The van der Waals surface area contributed by atoms with E-state index in [9.17, 15) is 0 Å². The van der Waals surface area contributed by atoms with Crippen molar-refractivity contribution in [2.24, 2.45) is 5.73 Å². The molecule has 18 heavy (non-hydrogen) atoms. The van der Waals surface area contributed by atoms with Crippen LogP contribution in [0.25, 0.3) is 5.65 Å². The zero-order valence-electron chi connectivity index (χ0n) is 11.4. The average Bonchev–Trinajstić information content (AvgIpc) is 2.78. The smallest absolute Gasteiger partial charge is 0.152 e. The number of aromatic nitrogens is 2. The van der Waals surface area contributed by atoms with Gasteiger partial charge in [0.2, 0.25) is 0 Å². The van der Waals surface area contributed by atoms with Crippen LogP contribution in [0.4, 0.5) is 5.82 Å². The van der Waals surface area contributed by atoms with Gasteiger partial charge >= 0.3 is 0 Å². The van der Waals surface area contributed by atoms with Crippen LogP contribution in [0.3, 0.4) is 0 Å². The molecule has 0 unspecified atom stereocenters. The molecule has 0 spiro atoms. The molecular weight excluding hydrogens is 224 g/mol. The summed E-state index contributed by atoms with van der Waals surface area (Å²) in [4.78, 5) is 6.97. The van der Waals surface area contributed by atoms with Gasteiger partial charge < -0.3 is 15.0 Å². The van der Waals surface area contributed by atoms with Crippen molar-refractivity contribution in [3.8, 4) is 0 Å². The number of anilines is 1. The van der Waals surface area contributed by atoms with Crippen LogP contribution in [0.5, 0.6) is 0 Å². The fourth-order valence-electron chi connectivity index (χ4n) is 2.52. The Bertz CT molecular complexity index is 513. The van der Waals surface area contributed by atoms with E-state index in [1.807, 2.05) is 24.4 Å². The maximum atomic E-state index is 5.89. The number of hydrogen-bond donors (Lipinski definition) is 1. The maximum absolute atomic E-state index is 5.89. The molecular formula is C14H22N4. The monoisotopic (exact) mass is 246 g/mol. The van der Waals surface area contributed by atoms with Gasteiger partial charge in [-0.05, 0) is 25.0 Å². The quantitative estimate of drug-likeness (QED) is 0.881. The lowest BCUT2D eigenvalue weighted by Gasteiger charge is -2.27. The van der Waals surface area contributed by atoms with Gasteiger partial charge in [0.15, 0.2) is 5.82 Å². The van der Waals surface area contributed by atoms with E-state index in [1.54, 1.807) is 0 Å². The lowest BCUT2D eigenvalue weighted by atomic mass is 10.1. The molecule has 4 heteroatoms. The van der Waals surface area contributed by atoms with Gasteiger partial charge in [-0.3, -0.25) is 0 Å². The van der Waals surface area contributed by atoms with E-state index in [0.717, 1.165) is 30.0 Å². The molecule has 0 radical (unpaired) electrons. The van der Waals surface area contributed by atoms with Crippen molar-refractivity contribution in [3.63, 3.8) is 0 Å². The number of nitrogens with zero attached hydrogens (tertiary/aromatic N) is 3. The van der Waals surface area contributed by atoms with E-state index in [-0.39, 0.29) is 0 Å². The van der Waals surface area contributed by atoms with E-state index in [0.29, 0.717) is 12.6 Å². The molecule has 2 N–H and O–H groups in total. The van der Waals surface area contributed by atoms with Crippen molar-refractivity contribution in [3.05, 3.63) is 30.1 Å². The fourth-order valence-corrected chi connectivity index (χ4v) is 2.52. The van der Waals surface area contributed by atoms with E-state index in [2.05, 4.69) is 30.2 Å². The predicted octanol–water partition coefficient (Wildman–Crippen LogP) is 2.42. The molecule has 98 valence electrons. The van der Waals surface area contributed by atoms with Crippen LogP contribution in [0.2, 0.25) is 0 Å². The third-order valence-corrected chi connectivity index (χ3v) is 3.63. The summed E-state index contributed by atoms with van der Waals surface area (Å²) in [6.07, 6.45) is 4.25. The Kier molecular flexibility index (Phi) is 3.87. The van der Waals surface area contributed by atoms with Gasteiger partial charge in [-0.2, -0.15) is 0 Å². The van der Waals surface area contributed by atoms with Crippen LogP contribution < -0.4 is 10.6 Å². The first kappa shape index (κ1) is 12.9. The first-order chi connectivity index (χ1) is 8.72. The van der Waals surface area contributed by atoms with Crippen molar-refractivity contribution in [1.29, 1.82) is 0 Å². The summed E-state index contributed by atoms with van der Waals surface area (Å²) >= 11 is 0. The van der Waals surface area contributed by atoms with Gasteiger partial charge in [0.1, 0.15) is 5.65 Å². The van der Waals surface area contributed by atoms with Gasteiger partial charge in [-0.25, -0.2) is 4.98 Å². The van der Waals surface area contributed by atoms with Crippen molar-refractivity contribution in [2.45, 2.75) is 39.3 Å². The van der Waals surface area contributed by atoms with Crippen LogP contribution in [0, 0.1) is 0 Å². The topological polar surface area (TPSA) is 46.6 Å². The molecule has 0 saturated heterocycles. The standard InChI is InChI=1S/C14H22N4/c1-4-11(5-2)17(3)14-12(10-15)18-9-7-6-8-13(18)16-14/h6-9,11H,4-5,10,15H2,1-3H3. The molecule has 2 aromatic heterocycles. The maximum Gasteiger partial charge on any atom is 0.152 e. The van der Waals surface area contributed by atoms with Crippen molar-refractivity contribution in [1.82, 2.24) is 9.38 Å². The third kappa shape index (κ3) is 2.08. The Morgan fingerprint density at radius 2 is 2.06 bits per heavy atom. The summed E-state index contributed by atoms with van der Waals surface area (Å²) in [5.74, 6) is 1.01. The van der Waals surface area contributed by atoms with Gasteiger partial charge in [0.05, 0.1) is 5.69 Å². The summed E-state index contributed by atoms with van der Waals surface area (Å²) in [6, 6.07) is 6.54. The summed E-state index contributed by atoms with van der Waals surface area (Å²) in [5, 5.41) is 0. The van der Waals surface area contributed by atoms with Crippen molar-refractivity contribution < 1.29 is 0 Å². The minimum atomic E-state index is 0.505. The van der Waals surface area contributed by atoms with Crippen LogP contribution in [-0.2, 0) is 6.54 Å². The largest absolute Gasteiger partial charge is 0.355 e.